The lowest BCUT2D eigenvalue weighted by Crippen LogP contribution is -2.67. The predicted molar refractivity (Wildman–Crippen MR) is 154 cm³/mol. The molecule has 1 aliphatic rings. The van der Waals surface area contributed by atoms with Gasteiger partial charge in [0.05, 0.1) is 30.2 Å². The highest BCUT2D eigenvalue weighted by molar-refractivity contribution is 5.84. The first kappa shape index (κ1) is 33.9. The van der Waals surface area contributed by atoms with E-state index in [4.69, 9.17) is 14.3 Å². The van der Waals surface area contributed by atoms with Gasteiger partial charge in [0.25, 0.3) is 0 Å². The molecular formula is C32H51NO7. The summed E-state index contributed by atoms with van der Waals surface area (Å²) in [6, 6.07) is 9.94. The molecule has 1 aliphatic heterocycles. The van der Waals surface area contributed by atoms with Crippen molar-refractivity contribution in [2.75, 3.05) is 19.8 Å². The third-order valence-electron chi connectivity index (χ3n) is 8.81. The molecule has 1 N–H and O–H groups in total. The van der Waals surface area contributed by atoms with E-state index >= 15 is 0 Å². The molecule has 0 bridgehead atoms. The molecule has 0 spiro atoms. The third kappa shape index (κ3) is 8.37. The smallest absolute Gasteiger partial charge is 0.337 e. The fourth-order valence-electron chi connectivity index (χ4n) is 5.58. The first-order valence-corrected chi connectivity index (χ1v) is 15.0. The zero-order valence-electron chi connectivity index (χ0n) is 25.6. The van der Waals surface area contributed by atoms with Crippen LogP contribution in [0, 0.1) is 11.8 Å². The van der Waals surface area contributed by atoms with Gasteiger partial charge in [-0.05, 0) is 57.4 Å². The summed E-state index contributed by atoms with van der Waals surface area (Å²) in [7, 11) is 0. The molecule has 2 rings (SSSR count). The molecule has 8 nitrogen and oxygen atoms in total. The van der Waals surface area contributed by atoms with E-state index in [0.29, 0.717) is 32.3 Å². The highest BCUT2D eigenvalue weighted by Gasteiger charge is 2.55. The third-order valence-corrected chi connectivity index (χ3v) is 8.81. The molecule has 1 fully saturated rings. The second-order valence-corrected chi connectivity index (χ2v) is 11.7. The minimum atomic E-state index is -1.12. The van der Waals surface area contributed by atoms with Crippen LogP contribution in [0.5, 0.6) is 0 Å². The number of ether oxygens (including phenoxy) is 2. The quantitative estimate of drug-likeness (QED) is 0.205. The summed E-state index contributed by atoms with van der Waals surface area (Å²) in [6.07, 6.45) is 2.62. The van der Waals surface area contributed by atoms with Crippen LogP contribution in [-0.4, -0.2) is 64.9 Å². The Labute approximate surface area is 240 Å². The number of hydroxylamine groups is 2. The number of esters is 2. The van der Waals surface area contributed by atoms with Gasteiger partial charge in [0.2, 0.25) is 0 Å². The number of Topliss-reactive ketones (excluding diaryl/α,β-unsaturated/α-hetero) is 1. The molecule has 0 radical (unpaired) electrons. The number of unbranched alkanes of at least 4 members (excludes halogenated alkanes) is 1. The van der Waals surface area contributed by atoms with Crippen LogP contribution in [0.15, 0.2) is 30.3 Å². The highest BCUT2D eigenvalue weighted by Crippen LogP contribution is 2.45. The molecule has 0 saturated carbocycles. The Morgan fingerprint density at radius 1 is 1.02 bits per heavy atom. The molecule has 8 heteroatoms. The number of hydrogen-bond acceptors (Lipinski definition) is 8. The first-order valence-electron chi connectivity index (χ1n) is 15.0. The van der Waals surface area contributed by atoms with Gasteiger partial charge in [0.15, 0.2) is 6.10 Å². The average Bonchev–Trinajstić information content (AvgIpc) is 2.96. The number of carbonyl (C=O) groups is 3. The van der Waals surface area contributed by atoms with E-state index in [1.54, 1.807) is 0 Å². The van der Waals surface area contributed by atoms with Gasteiger partial charge < -0.3 is 14.6 Å². The summed E-state index contributed by atoms with van der Waals surface area (Å²) in [5.41, 5.74) is -0.211. The monoisotopic (exact) mass is 561 g/mol. The average molecular weight is 562 g/mol. The van der Waals surface area contributed by atoms with Crippen LogP contribution in [0.25, 0.3) is 0 Å². The van der Waals surface area contributed by atoms with Gasteiger partial charge in [-0.15, -0.1) is 0 Å². The Kier molecular flexibility index (Phi) is 13.3. The lowest BCUT2D eigenvalue weighted by Gasteiger charge is -2.56. The minimum absolute atomic E-state index is 0.0356. The zero-order valence-corrected chi connectivity index (χ0v) is 25.6. The van der Waals surface area contributed by atoms with Gasteiger partial charge in [0, 0.05) is 12.3 Å². The standard InChI is InChI=1S/C32H51NO7/c1-8-11-18-38-29(36)26(20-23(4)25-15-13-12-14-16-25)21-28(30(37)39-19-17-34)40-33-31(6,9-2)22-27(35)24(5)32(33,7)10-3/h12-16,23-24,26,28,34H,8-11,17-22H2,1-7H3. The first-order chi connectivity index (χ1) is 19.0. The van der Waals surface area contributed by atoms with Crippen LogP contribution in [0.3, 0.4) is 0 Å². The van der Waals surface area contributed by atoms with E-state index < -0.39 is 29.1 Å². The summed E-state index contributed by atoms with van der Waals surface area (Å²) < 4.78 is 11.0. The van der Waals surface area contributed by atoms with E-state index in [-0.39, 0.29) is 43.2 Å². The van der Waals surface area contributed by atoms with E-state index in [2.05, 4.69) is 6.92 Å². The molecular weight excluding hydrogens is 510 g/mol. The molecule has 1 heterocycles. The summed E-state index contributed by atoms with van der Waals surface area (Å²) in [4.78, 5) is 46.4. The Hall–Kier alpha value is -2.29. The molecule has 1 saturated heterocycles. The lowest BCUT2D eigenvalue weighted by molar-refractivity contribution is -0.315. The van der Waals surface area contributed by atoms with Gasteiger partial charge >= 0.3 is 11.9 Å². The summed E-state index contributed by atoms with van der Waals surface area (Å²) >= 11 is 0. The van der Waals surface area contributed by atoms with Gasteiger partial charge in [-0.1, -0.05) is 71.4 Å². The summed E-state index contributed by atoms with van der Waals surface area (Å²) in [5.74, 6) is -1.73. The number of aliphatic hydroxyl groups excluding tert-OH is 1. The van der Waals surface area contributed by atoms with Gasteiger partial charge in [-0.25, -0.2) is 4.79 Å². The maximum Gasteiger partial charge on any atom is 0.337 e. The topological polar surface area (TPSA) is 102 Å². The lowest BCUT2D eigenvalue weighted by atomic mass is 9.70. The van der Waals surface area contributed by atoms with E-state index in [9.17, 15) is 19.5 Å². The second-order valence-electron chi connectivity index (χ2n) is 11.7. The van der Waals surface area contributed by atoms with E-state index in [0.717, 1.165) is 18.4 Å². The number of benzene rings is 1. The molecule has 40 heavy (non-hydrogen) atoms. The van der Waals surface area contributed by atoms with Crippen molar-refractivity contribution in [3.05, 3.63) is 35.9 Å². The maximum atomic E-state index is 13.4. The minimum Gasteiger partial charge on any atom is -0.465 e. The van der Waals surface area contributed by atoms with Crippen LogP contribution in [-0.2, 0) is 28.7 Å². The molecule has 1 aromatic carbocycles. The molecule has 1 aromatic rings. The van der Waals surface area contributed by atoms with Crippen LogP contribution in [0.1, 0.15) is 105 Å². The van der Waals surface area contributed by atoms with Crippen molar-refractivity contribution in [1.82, 2.24) is 5.06 Å². The van der Waals surface area contributed by atoms with Crippen LogP contribution < -0.4 is 0 Å². The normalized spacial score (nSPS) is 25.7. The van der Waals surface area contributed by atoms with Crippen molar-refractivity contribution in [3.63, 3.8) is 0 Å². The molecule has 6 unspecified atom stereocenters. The molecule has 0 aliphatic carbocycles. The number of hydrogen-bond donors (Lipinski definition) is 1. The fraction of sp³-hybridized carbons (Fsp3) is 0.719. The largest absolute Gasteiger partial charge is 0.465 e. The maximum absolute atomic E-state index is 13.4. The van der Waals surface area contributed by atoms with Gasteiger partial charge in [0.1, 0.15) is 12.4 Å². The van der Waals surface area contributed by atoms with E-state index in [1.165, 1.54) is 0 Å². The van der Waals surface area contributed by atoms with Crippen LogP contribution in [0.4, 0.5) is 0 Å². The number of nitrogens with zero attached hydrogens (tertiary/aromatic N) is 1. The number of ketones is 1. The van der Waals surface area contributed by atoms with Crippen molar-refractivity contribution < 1.29 is 33.8 Å². The summed E-state index contributed by atoms with van der Waals surface area (Å²) in [5, 5.41) is 11.2. The number of piperidine rings is 1. The van der Waals surface area contributed by atoms with Gasteiger partial charge in [-0.2, -0.15) is 5.06 Å². The SMILES string of the molecule is CCCCOC(=O)C(CC(ON1C(C)(CC)CC(=O)C(C)C1(C)CC)C(=O)OCCO)CC(C)c1ccccc1. The highest BCUT2D eigenvalue weighted by atomic mass is 16.7. The van der Waals surface area contributed by atoms with Crippen LogP contribution in [0.2, 0.25) is 0 Å². The summed E-state index contributed by atoms with van der Waals surface area (Å²) in [6.45, 7) is 13.8. The van der Waals surface area contributed by atoms with Crippen molar-refractivity contribution in [3.8, 4) is 0 Å². The van der Waals surface area contributed by atoms with Crippen molar-refractivity contribution in [1.29, 1.82) is 0 Å². The van der Waals surface area contributed by atoms with Crippen LogP contribution >= 0.6 is 0 Å². The molecule has 226 valence electrons. The second kappa shape index (κ2) is 15.6. The number of aliphatic hydroxyl groups is 1. The number of rotatable bonds is 16. The Morgan fingerprint density at radius 2 is 1.68 bits per heavy atom. The van der Waals surface area contributed by atoms with Crippen molar-refractivity contribution >= 4 is 17.7 Å². The number of carbonyl (C=O) groups excluding carboxylic acids is 3. The van der Waals surface area contributed by atoms with Crippen molar-refractivity contribution in [2.24, 2.45) is 11.8 Å². The predicted octanol–water partition coefficient (Wildman–Crippen LogP) is 5.61. The van der Waals surface area contributed by atoms with Crippen molar-refractivity contribution in [2.45, 2.75) is 117 Å². The van der Waals surface area contributed by atoms with E-state index in [1.807, 2.05) is 76.9 Å². The Morgan fingerprint density at radius 3 is 2.25 bits per heavy atom. The Balaban J connectivity index is 2.45. The molecule has 6 atom stereocenters. The molecule has 0 aromatic heterocycles. The zero-order chi connectivity index (χ0) is 29.9. The fourth-order valence-corrected chi connectivity index (χ4v) is 5.58. The Bertz CT molecular complexity index is 954. The van der Waals surface area contributed by atoms with Gasteiger partial charge in [-0.3, -0.25) is 14.4 Å². The molecule has 0 amide bonds.